The number of benzene rings is 2. The average Bonchev–Trinajstić information content (AvgIpc) is 2.79. The summed E-state index contributed by atoms with van der Waals surface area (Å²) in [6.45, 7) is 5.92. The predicted molar refractivity (Wildman–Crippen MR) is 142 cm³/mol. The number of aryl methyl sites for hydroxylation is 1. The van der Waals surface area contributed by atoms with Gasteiger partial charge in [0.2, 0.25) is 21.8 Å². The Morgan fingerprint density at radius 2 is 1.77 bits per heavy atom. The summed E-state index contributed by atoms with van der Waals surface area (Å²) in [6.07, 6.45) is 3.11. The fourth-order valence-electron chi connectivity index (χ4n) is 3.67. The standard InChI is InChI=1S/C25H33Cl2N3O4S/c1-5-7-14-28-25(32)22(6-2)29(16-19-11-9-8-10-18(19)3)24(31)17-30(35(4,33)34)23-15-20(26)12-13-21(23)27/h8-13,15,22H,5-7,14,16-17H2,1-4H3,(H,28,32)/t22-/m1/s1. The maximum atomic E-state index is 13.7. The maximum Gasteiger partial charge on any atom is 0.244 e. The average molecular weight is 543 g/mol. The van der Waals surface area contributed by atoms with Crippen LogP contribution in [0.5, 0.6) is 0 Å². The molecule has 0 unspecified atom stereocenters. The summed E-state index contributed by atoms with van der Waals surface area (Å²) in [5.74, 6) is -0.790. The van der Waals surface area contributed by atoms with E-state index < -0.39 is 28.5 Å². The lowest BCUT2D eigenvalue weighted by molar-refractivity contribution is -0.140. The number of unbranched alkanes of at least 4 members (excludes halogenated alkanes) is 1. The minimum Gasteiger partial charge on any atom is -0.354 e. The zero-order chi connectivity index (χ0) is 26.2. The van der Waals surface area contributed by atoms with Gasteiger partial charge in [-0.15, -0.1) is 0 Å². The number of halogens is 2. The van der Waals surface area contributed by atoms with Crippen LogP contribution in [0.1, 0.15) is 44.2 Å². The van der Waals surface area contributed by atoms with E-state index in [0.29, 0.717) is 13.0 Å². The van der Waals surface area contributed by atoms with Crippen LogP contribution in [-0.4, -0.2) is 50.5 Å². The first-order valence-electron chi connectivity index (χ1n) is 11.5. The van der Waals surface area contributed by atoms with Crippen LogP contribution in [0.15, 0.2) is 42.5 Å². The van der Waals surface area contributed by atoms with E-state index in [1.807, 2.05) is 45.0 Å². The van der Waals surface area contributed by atoms with Crippen LogP contribution in [0, 0.1) is 6.92 Å². The van der Waals surface area contributed by atoms with Crippen molar-refractivity contribution in [2.45, 2.75) is 52.6 Å². The number of sulfonamides is 1. The summed E-state index contributed by atoms with van der Waals surface area (Å²) in [6, 6.07) is 11.2. The number of hydrogen-bond acceptors (Lipinski definition) is 4. The summed E-state index contributed by atoms with van der Waals surface area (Å²) >= 11 is 12.3. The summed E-state index contributed by atoms with van der Waals surface area (Å²) in [7, 11) is -3.89. The highest BCUT2D eigenvalue weighted by Gasteiger charge is 2.32. The van der Waals surface area contributed by atoms with Crippen LogP contribution in [-0.2, 0) is 26.2 Å². The molecule has 192 valence electrons. The molecule has 35 heavy (non-hydrogen) atoms. The van der Waals surface area contributed by atoms with Gasteiger partial charge in [0.1, 0.15) is 12.6 Å². The molecule has 0 spiro atoms. The van der Waals surface area contributed by atoms with E-state index >= 15 is 0 Å². The number of carbonyl (C=O) groups is 2. The van der Waals surface area contributed by atoms with Crippen molar-refractivity contribution in [1.82, 2.24) is 10.2 Å². The van der Waals surface area contributed by atoms with E-state index in [1.54, 1.807) is 0 Å². The fourth-order valence-corrected chi connectivity index (χ4v) is 4.96. The van der Waals surface area contributed by atoms with E-state index in [4.69, 9.17) is 23.2 Å². The van der Waals surface area contributed by atoms with Crippen molar-refractivity contribution < 1.29 is 18.0 Å². The third-order valence-electron chi connectivity index (χ3n) is 5.67. The molecule has 0 aliphatic heterocycles. The first kappa shape index (κ1) is 28.9. The zero-order valence-corrected chi connectivity index (χ0v) is 22.9. The first-order valence-corrected chi connectivity index (χ1v) is 14.1. The number of anilines is 1. The van der Waals surface area contributed by atoms with Gasteiger partial charge in [0.25, 0.3) is 0 Å². The van der Waals surface area contributed by atoms with Crippen molar-refractivity contribution in [3.8, 4) is 0 Å². The van der Waals surface area contributed by atoms with E-state index in [1.165, 1.54) is 23.1 Å². The molecule has 1 atom stereocenters. The summed E-state index contributed by atoms with van der Waals surface area (Å²) in [5, 5.41) is 3.32. The molecule has 2 aromatic rings. The summed E-state index contributed by atoms with van der Waals surface area (Å²) in [4.78, 5) is 28.2. The van der Waals surface area contributed by atoms with Crippen LogP contribution < -0.4 is 9.62 Å². The Kier molecular flexibility index (Phi) is 10.9. The summed E-state index contributed by atoms with van der Waals surface area (Å²) < 4.78 is 26.3. The van der Waals surface area contributed by atoms with Crippen LogP contribution in [0.25, 0.3) is 0 Å². The van der Waals surface area contributed by atoms with Gasteiger partial charge < -0.3 is 10.2 Å². The molecule has 0 aliphatic carbocycles. The molecule has 2 rings (SSSR count). The number of nitrogens with zero attached hydrogens (tertiary/aromatic N) is 2. The molecule has 2 amide bonds. The van der Waals surface area contributed by atoms with Crippen LogP contribution >= 0.6 is 23.2 Å². The number of rotatable bonds is 12. The van der Waals surface area contributed by atoms with E-state index in [-0.39, 0.29) is 28.2 Å². The number of nitrogens with one attached hydrogen (secondary N) is 1. The molecule has 1 N–H and O–H groups in total. The Hall–Kier alpha value is -2.29. The van der Waals surface area contributed by atoms with Gasteiger partial charge in [0.15, 0.2) is 0 Å². The quantitative estimate of drug-likeness (QED) is 0.391. The molecule has 0 aromatic heterocycles. The first-order chi connectivity index (χ1) is 16.5. The second-order valence-electron chi connectivity index (χ2n) is 8.38. The van der Waals surface area contributed by atoms with Gasteiger partial charge >= 0.3 is 0 Å². The molecule has 0 aliphatic rings. The molecule has 0 saturated carbocycles. The summed E-state index contributed by atoms with van der Waals surface area (Å²) in [5.41, 5.74) is 1.93. The SMILES string of the molecule is CCCCNC(=O)[C@@H](CC)N(Cc1ccccc1C)C(=O)CN(c1cc(Cl)ccc1Cl)S(C)(=O)=O. The van der Waals surface area contributed by atoms with Gasteiger partial charge in [-0.1, -0.05) is 67.7 Å². The largest absolute Gasteiger partial charge is 0.354 e. The molecular weight excluding hydrogens is 509 g/mol. The van der Waals surface area contributed by atoms with Crippen molar-refractivity contribution in [3.63, 3.8) is 0 Å². The van der Waals surface area contributed by atoms with Gasteiger partial charge in [-0.05, 0) is 49.1 Å². The van der Waals surface area contributed by atoms with Gasteiger partial charge in [-0.25, -0.2) is 8.42 Å². The van der Waals surface area contributed by atoms with E-state index in [9.17, 15) is 18.0 Å². The second-order valence-corrected chi connectivity index (χ2v) is 11.1. The Morgan fingerprint density at radius 3 is 2.37 bits per heavy atom. The number of amides is 2. The normalized spacial score (nSPS) is 12.2. The highest BCUT2D eigenvalue weighted by Crippen LogP contribution is 2.31. The molecule has 10 heteroatoms. The molecule has 0 saturated heterocycles. The maximum absolute atomic E-state index is 13.7. The highest BCUT2D eigenvalue weighted by molar-refractivity contribution is 7.92. The lowest BCUT2D eigenvalue weighted by Gasteiger charge is -2.33. The minimum atomic E-state index is -3.89. The van der Waals surface area contributed by atoms with Crippen molar-refractivity contribution >= 4 is 50.7 Å². The lowest BCUT2D eigenvalue weighted by Crippen LogP contribution is -2.52. The minimum absolute atomic E-state index is 0.103. The smallest absolute Gasteiger partial charge is 0.244 e. The van der Waals surface area contributed by atoms with Crippen molar-refractivity contribution in [2.24, 2.45) is 0 Å². The van der Waals surface area contributed by atoms with E-state index in [0.717, 1.165) is 34.5 Å². The molecule has 0 fully saturated rings. The van der Waals surface area contributed by atoms with Crippen molar-refractivity contribution in [3.05, 3.63) is 63.6 Å². The number of hydrogen-bond donors (Lipinski definition) is 1. The second kappa shape index (κ2) is 13.1. The Bertz CT molecular complexity index is 1140. The Balaban J connectivity index is 2.46. The van der Waals surface area contributed by atoms with Crippen molar-refractivity contribution in [2.75, 3.05) is 23.7 Å². The van der Waals surface area contributed by atoms with Gasteiger partial charge in [0, 0.05) is 18.1 Å². The predicted octanol–water partition coefficient (Wildman–Crippen LogP) is 4.79. The fraction of sp³-hybridized carbons (Fsp3) is 0.440. The number of carbonyl (C=O) groups excluding carboxylic acids is 2. The van der Waals surface area contributed by atoms with Gasteiger partial charge in [-0.3, -0.25) is 13.9 Å². The molecule has 0 radical (unpaired) electrons. The monoisotopic (exact) mass is 541 g/mol. The third-order valence-corrected chi connectivity index (χ3v) is 7.35. The zero-order valence-electron chi connectivity index (χ0n) is 20.6. The highest BCUT2D eigenvalue weighted by atomic mass is 35.5. The molecule has 0 bridgehead atoms. The van der Waals surface area contributed by atoms with Gasteiger partial charge in [-0.2, -0.15) is 0 Å². The van der Waals surface area contributed by atoms with E-state index in [2.05, 4.69) is 5.32 Å². The Morgan fingerprint density at radius 1 is 1.09 bits per heavy atom. The molecule has 7 nitrogen and oxygen atoms in total. The Labute approximate surface area is 218 Å². The molecule has 2 aromatic carbocycles. The van der Waals surface area contributed by atoms with Gasteiger partial charge in [0.05, 0.1) is 17.0 Å². The lowest BCUT2D eigenvalue weighted by atomic mass is 10.1. The van der Waals surface area contributed by atoms with Crippen LogP contribution in [0.2, 0.25) is 10.0 Å². The third kappa shape index (κ3) is 8.12. The van der Waals surface area contributed by atoms with Crippen LogP contribution in [0.3, 0.4) is 0 Å². The molecular formula is C25H33Cl2N3O4S. The van der Waals surface area contributed by atoms with Crippen LogP contribution in [0.4, 0.5) is 5.69 Å². The topological polar surface area (TPSA) is 86.8 Å². The van der Waals surface area contributed by atoms with Crippen molar-refractivity contribution in [1.29, 1.82) is 0 Å². The molecule has 0 heterocycles.